The molecule has 2 atom stereocenters. The number of fused-ring (bicyclic) bond motifs is 4. The smallest absolute Gasteiger partial charge is 0.278 e. The van der Waals surface area contributed by atoms with Crippen molar-refractivity contribution >= 4 is 17.7 Å². The Bertz CT molecular complexity index is 1410. The number of thioether (sulfide) groups is 1. The third-order valence-electron chi connectivity index (χ3n) is 6.74. The Hall–Kier alpha value is -3.37. The number of morpholine rings is 1. The van der Waals surface area contributed by atoms with E-state index in [4.69, 9.17) is 9.47 Å². The van der Waals surface area contributed by atoms with Crippen LogP contribution in [0.15, 0.2) is 58.4 Å². The molecule has 3 aliphatic heterocycles. The molecule has 0 radical (unpaired) electrons. The van der Waals surface area contributed by atoms with Gasteiger partial charge in [-0.3, -0.25) is 19.3 Å². The molecule has 0 bridgehead atoms. The van der Waals surface area contributed by atoms with Crippen LogP contribution < -0.4 is 15.2 Å². The van der Waals surface area contributed by atoms with Crippen molar-refractivity contribution in [2.75, 3.05) is 31.9 Å². The van der Waals surface area contributed by atoms with Crippen LogP contribution in [0.1, 0.15) is 33.2 Å². The summed E-state index contributed by atoms with van der Waals surface area (Å²) in [5, 5.41) is 1.92. The van der Waals surface area contributed by atoms with Crippen molar-refractivity contribution in [2.24, 2.45) is 0 Å². The molecule has 180 valence electrons. The van der Waals surface area contributed by atoms with Gasteiger partial charge in [-0.05, 0) is 23.3 Å². The van der Waals surface area contributed by atoms with Crippen LogP contribution in [0, 0.1) is 11.6 Å². The summed E-state index contributed by atoms with van der Waals surface area (Å²) in [6.45, 7) is 0.882. The fraction of sp³-hybridized carbons (Fsp3) is 0.280. The highest BCUT2D eigenvalue weighted by Gasteiger charge is 2.46. The lowest BCUT2D eigenvalue weighted by Crippen LogP contribution is -2.66. The van der Waals surface area contributed by atoms with Crippen LogP contribution in [0.4, 0.5) is 8.78 Å². The molecule has 1 fully saturated rings. The van der Waals surface area contributed by atoms with Crippen LogP contribution in [0.5, 0.6) is 5.75 Å². The Morgan fingerprint density at radius 1 is 1.09 bits per heavy atom. The Labute approximate surface area is 203 Å². The summed E-state index contributed by atoms with van der Waals surface area (Å²) in [6, 6.07) is 11.2. The van der Waals surface area contributed by atoms with Crippen molar-refractivity contribution < 1.29 is 23.0 Å². The Morgan fingerprint density at radius 2 is 1.91 bits per heavy atom. The molecular formula is C25H21F2N3O4S. The third-order valence-corrected chi connectivity index (χ3v) is 7.85. The van der Waals surface area contributed by atoms with Gasteiger partial charge in [0.05, 0.1) is 26.4 Å². The summed E-state index contributed by atoms with van der Waals surface area (Å²) in [4.78, 5) is 28.7. The number of nitrogens with zero attached hydrogens (tertiary/aromatic N) is 3. The molecule has 2 aromatic carbocycles. The predicted molar refractivity (Wildman–Crippen MR) is 125 cm³/mol. The van der Waals surface area contributed by atoms with Gasteiger partial charge in [0.2, 0.25) is 5.43 Å². The number of halogens is 2. The molecule has 0 aliphatic carbocycles. The lowest BCUT2D eigenvalue weighted by atomic mass is 9.93. The van der Waals surface area contributed by atoms with E-state index in [1.807, 2.05) is 29.3 Å². The van der Waals surface area contributed by atoms with Gasteiger partial charge in [0, 0.05) is 35.0 Å². The summed E-state index contributed by atoms with van der Waals surface area (Å²) in [7, 11) is 1.35. The van der Waals surface area contributed by atoms with Gasteiger partial charge in [0.1, 0.15) is 6.17 Å². The molecule has 3 aromatic rings. The molecule has 4 heterocycles. The molecule has 1 aromatic heterocycles. The van der Waals surface area contributed by atoms with Gasteiger partial charge in [-0.2, -0.15) is 0 Å². The maximum atomic E-state index is 15.1. The first kappa shape index (κ1) is 22.1. The van der Waals surface area contributed by atoms with Crippen LogP contribution in [-0.4, -0.2) is 48.5 Å². The van der Waals surface area contributed by atoms with Gasteiger partial charge in [-0.15, -0.1) is 11.8 Å². The largest absolute Gasteiger partial charge is 0.491 e. The van der Waals surface area contributed by atoms with E-state index >= 15 is 4.39 Å². The monoisotopic (exact) mass is 497 g/mol. The van der Waals surface area contributed by atoms with Gasteiger partial charge >= 0.3 is 0 Å². The summed E-state index contributed by atoms with van der Waals surface area (Å²) in [6.07, 6.45) is 0.989. The van der Waals surface area contributed by atoms with Gasteiger partial charge in [-0.25, -0.2) is 8.78 Å². The van der Waals surface area contributed by atoms with E-state index in [-0.39, 0.29) is 35.3 Å². The Morgan fingerprint density at radius 3 is 2.74 bits per heavy atom. The molecule has 7 nitrogen and oxygen atoms in total. The number of methoxy groups -OCH3 is 1. The van der Waals surface area contributed by atoms with E-state index in [2.05, 4.69) is 0 Å². The number of benzene rings is 2. The van der Waals surface area contributed by atoms with Crippen LogP contribution >= 0.6 is 11.8 Å². The lowest BCUT2D eigenvalue weighted by Gasteiger charge is -2.51. The zero-order valence-corrected chi connectivity index (χ0v) is 19.6. The van der Waals surface area contributed by atoms with E-state index in [0.29, 0.717) is 18.7 Å². The molecule has 2 unspecified atom stereocenters. The van der Waals surface area contributed by atoms with Gasteiger partial charge < -0.3 is 14.4 Å². The SMILES string of the molecule is COc1c2n(ccc1=O)N(C1c3ccccc3SCc3c1ccc(F)c3F)C1COCCN1C2=O. The number of rotatable bonds is 2. The number of carbonyl (C=O) groups is 1. The summed E-state index contributed by atoms with van der Waals surface area (Å²) in [5.41, 5.74) is 1.42. The number of amides is 1. The van der Waals surface area contributed by atoms with Gasteiger partial charge in [0.15, 0.2) is 23.1 Å². The molecule has 0 spiro atoms. The van der Waals surface area contributed by atoms with Gasteiger partial charge in [0.25, 0.3) is 5.91 Å². The normalized spacial score (nSPS) is 20.9. The molecule has 1 saturated heterocycles. The number of hydrogen-bond donors (Lipinski definition) is 0. The molecule has 1 amide bonds. The van der Waals surface area contributed by atoms with Crippen molar-refractivity contribution in [1.29, 1.82) is 0 Å². The van der Waals surface area contributed by atoms with E-state index in [1.165, 1.54) is 31.1 Å². The highest BCUT2D eigenvalue weighted by Crippen LogP contribution is 2.45. The average molecular weight is 498 g/mol. The van der Waals surface area contributed by atoms with Crippen LogP contribution in [-0.2, 0) is 10.5 Å². The molecule has 35 heavy (non-hydrogen) atoms. The number of pyridine rings is 1. The second-order valence-electron chi connectivity index (χ2n) is 8.50. The summed E-state index contributed by atoms with van der Waals surface area (Å²) in [5.74, 6) is -1.93. The topological polar surface area (TPSA) is 64.0 Å². The Kier molecular flexibility index (Phi) is 5.30. The first-order chi connectivity index (χ1) is 17.0. The summed E-state index contributed by atoms with van der Waals surface area (Å²) < 4.78 is 42.2. The number of aromatic nitrogens is 1. The molecule has 6 rings (SSSR count). The molecular weight excluding hydrogens is 476 g/mol. The minimum Gasteiger partial charge on any atom is -0.491 e. The van der Waals surface area contributed by atoms with E-state index in [9.17, 15) is 14.0 Å². The maximum Gasteiger partial charge on any atom is 0.278 e. The molecule has 10 heteroatoms. The predicted octanol–water partition coefficient (Wildman–Crippen LogP) is 3.28. The highest BCUT2D eigenvalue weighted by atomic mass is 32.2. The van der Waals surface area contributed by atoms with Crippen LogP contribution in [0.3, 0.4) is 0 Å². The van der Waals surface area contributed by atoms with Crippen molar-refractivity contribution in [3.8, 4) is 5.75 Å². The van der Waals surface area contributed by atoms with E-state index in [1.54, 1.807) is 15.6 Å². The third kappa shape index (κ3) is 3.27. The fourth-order valence-corrected chi connectivity index (χ4v) is 6.28. The second-order valence-corrected chi connectivity index (χ2v) is 9.52. The Balaban J connectivity index is 1.68. The average Bonchev–Trinajstić information content (AvgIpc) is 3.04. The quantitative estimate of drug-likeness (QED) is 0.542. The highest BCUT2D eigenvalue weighted by molar-refractivity contribution is 7.98. The summed E-state index contributed by atoms with van der Waals surface area (Å²) >= 11 is 1.44. The number of ether oxygens (including phenoxy) is 2. The number of carbonyl (C=O) groups excluding carboxylic acids is 1. The first-order valence-electron chi connectivity index (χ1n) is 11.2. The number of hydrogen-bond acceptors (Lipinski definition) is 6. The van der Waals surface area contributed by atoms with Crippen molar-refractivity contribution in [1.82, 2.24) is 9.58 Å². The van der Waals surface area contributed by atoms with Crippen LogP contribution in [0.25, 0.3) is 0 Å². The fourth-order valence-electron chi connectivity index (χ4n) is 5.17. The minimum absolute atomic E-state index is 0.0609. The van der Waals surface area contributed by atoms with E-state index < -0.39 is 29.3 Å². The maximum absolute atomic E-state index is 15.1. The zero-order valence-electron chi connectivity index (χ0n) is 18.7. The van der Waals surface area contributed by atoms with Crippen molar-refractivity contribution in [3.05, 3.63) is 92.9 Å². The first-order valence-corrected chi connectivity index (χ1v) is 12.1. The van der Waals surface area contributed by atoms with Crippen molar-refractivity contribution in [2.45, 2.75) is 22.9 Å². The molecule has 0 N–H and O–H groups in total. The second kappa shape index (κ2) is 8.39. The van der Waals surface area contributed by atoms with Gasteiger partial charge in [-0.1, -0.05) is 24.3 Å². The minimum atomic E-state index is -0.906. The van der Waals surface area contributed by atoms with Crippen LogP contribution in [0.2, 0.25) is 0 Å². The standard InChI is InChI=1S/C25H21F2N3O4S/c1-33-24-18(31)8-9-29-23(24)25(32)28-10-11-34-12-20(28)30(29)22-14-6-7-17(26)21(27)16(14)13-35-19-5-3-2-4-15(19)22/h2-9,20,22H,10-13H2,1H3. The zero-order chi connectivity index (χ0) is 24.3. The van der Waals surface area contributed by atoms with Crippen molar-refractivity contribution in [3.63, 3.8) is 0 Å². The van der Waals surface area contributed by atoms with E-state index in [0.717, 1.165) is 16.5 Å². The lowest BCUT2D eigenvalue weighted by molar-refractivity contribution is -0.0198. The molecule has 0 saturated carbocycles. The molecule has 3 aliphatic rings.